The van der Waals surface area contributed by atoms with Crippen molar-refractivity contribution in [1.82, 2.24) is 31.1 Å². The summed E-state index contributed by atoms with van der Waals surface area (Å²) in [6, 6.07) is 42.4. The van der Waals surface area contributed by atoms with Crippen LogP contribution in [0.15, 0.2) is 121 Å². The normalized spacial score (nSPS) is 16.8. The molecule has 7 rings (SSSR count). The fraction of sp³-hybridized carbons (Fsp3) is 0.286. The number of benzene rings is 5. The summed E-state index contributed by atoms with van der Waals surface area (Å²) in [4.78, 5) is 86.0. The molecule has 5 aromatic rings. The molecule has 2 saturated heterocycles. The van der Waals surface area contributed by atoms with Gasteiger partial charge in [0, 0.05) is 63.5 Å². The lowest BCUT2D eigenvalue weighted by Crippen LogP contribution is -2.42. The highest BCUT2D eigenvalue weighted by Gasteiger charge is 2.45. The molecule has 362 valence electrons. The third-order valence-corrected chi connectivity index (χ3v) is 13.1. The molecule has 16 nitrogen and oxygen atoms in total. The van der Waals surface area contributed by atoms with Crippen LogP contribution in [0, 0.1) is 69.0 Å². The van der Waals surface area contributed by atoms with Crippen molar-refractivity contribution < 1.29 is 28.8 Å². The first-order chi connectivity index (χ1) is 35.0. The highest BCUT2D eigenvalue weighted by Crippen LogP contribution is 2.28. The molecule has 2 heterocycles. The van der Waals surface area contributed by atoms with Crippen molar-refractivity contribution in [3.05, 3.63) is 177 Å². The van der Waals surface area contributed by atoms with Crippen LogP contribution in [-0.2, 0) is 44.9 Å². The van der Waals surface area contributed by atoms with Crippen molar-refractivity contribution in [2.75, 3.05) is 52.4 Å². The van der Waals surface area contributed by atoms with Crippen LogP contribution in [0.25, 0.3) is 0 Å². The van der Waals surface area contributed by atoms with Crippen LogP contribution in [-0.4, -0.2) is 97.6 Å². The van der Waals surface area contributed by atoms with Gasteiger partial charge in [0.05, 0.1) is 70.2 Å². The molecule has 2 aliphatic heterocycles. The second-order valence-corrected chi connectivity index (χ2v) is 17.8. The van der Waals surface area contributed by atoms with Crippen molar-refractivity contribution in [3.8, 4) is 24.3 Å². The minimum atomic E-state index is -0.858. The predicted octanol–water partition coefficient (Wildman–Crippen LogP) is 3.99. The Morgan fingerprint density at radius 3 is 0.764 bits per heavy atom. The van der Waals surface area contributed by atoms with Gasteiger partial charge in [-0.15, -0.1) is 0 Å². The number of nitrogens with zero attached hydrogens (tertiary/aromatic N) is 6. The number of nitriles is 4. The van der Waals surface area contributed by atoms with Gasteiger partial charge in [0.1, 0.15) is 0 Å². The topological polar surface area (TPSA) is 252 Å². The monoisotopic (exact) mass is 960 g/mol. The van der Waals surface area contributed by atoms with Gasteiger partial charge in [0.25, 0.3) is 11.8 Å². The number of nitrogens with one attached hydrogen (secondary N) is 4. The number of amides is 6. The second-order valence-electron chi connectivity index (χ2n) is 17.8. The molecule has 0 spiro atoms. The lowest BCUT2D eigenvalue weighted by molar-refractivity contribution is -0.132. The van der Waals surface area contributed by atoms with Gasteiger partial charge < -0.3 is 31.1 Å². The van der Waals surface area contributed by atoms with Crippen LogP contribution >= 0.6 is 0 Å². The van der Waals surface area contributed by atoms with Crippen molar-refractivity contribution in [2.24, 2.45) is 23.7 Å². The molecule has 72 heavy (non-hydrogen) atoms. The van der Waals surface area contributed by atoms with E-state index in [9.17, 15) is 28.8 Å². The molecule has 0 saturated carbocycles. The molecule has 2 aliphatic rings. The summed E-state index contributed by atoms with van der Waals surface area (Å²) in [7, 11) is 0. The maximum Gasteiger partial charge on any atom is 0.253 e. The smallest absolute Gasteiger partial charge is 0.253 e. The molecule has 0 bridgehead atoms. The van der Waals surface area contributed by atoms with E-state index in [4.69, 9.17) is 21.0 Å². The average Bonchev–Trinajstić information content (AvgIpc) is 4.08. The van der Waals surface area contributed by atoms with E-state index in [1.165, 1.54) is 34.1 Å². The number of carbonyl (C=O) groups is 6. The quantitative estimate of drug-likeness (QED) is 0.0983. The lowest BCUT2D eigenvalue weighted by Gasteiger charge is -2.18. The Balaban J connectivity index is 0.997. The third-order valence-electron chi connectivity index (χ3n) is 13.1. The molecule has 16 heteroatoms. The first-order valence-electron chi connectivity index (χ1n) is 23.7. The van der Waals surface area contributed by atoms with Gasteiger partial charge in [-0.25, -0.2) is 0 Å². The van der Waals surface area contributed by atoms with E-state index in [1.54, 1.807) is 48.5 Å². The second kappa shape index (κ2) is 24.4. The molecule has 0 unspecified atom stereocenters. The number of carbonyl (C=O) groups excluding carboxylic acids is 6. The molecule has 5 aromatic carbocycles. The molecular formula is C56H52N10O6. The van der Waals surface area contributed by atoms with Crippen molar-refractivity contribution in [1.29, 1.82) is 21.0 Å². The molecule has 4 N–H and O–H groups in total. The van der Waals surface area contributed by atoms with Gasteiger partial charge in [-0.3, -0.25) is 28.8 Å². The molecule has 0 radical (unpaired) electrons. The van der Waals surface area contributed by atoms with E-state index in [0.29, 0.717) is 47.9 Å². The minimum absolute atomic E-state index is 0.0302. The van der Waals surface area contributed by atoms with E-state index in [2.05, 4.69) is 45.5 Å². The predicted molar refractivity (Wildman–Crippen MR) is 264 cm³/mol. The Morgan fingerprint density at radius 1 is 0.361 bits per heavy atom. The average molecular weight is 961 g/mol. The van der Waals surface area contributed by atoms with Gasteiger partial charge in [-0.1, -0.05) is 48.5 Å². The highest BCUT2D eigenvalue weighted by molar-refractivity contribution is 6.00. The largest absolute Gasteiger partial charge is 0.355 e. The van der Waals surface area contributed by atoms with E-state index >= 15 is 0 Å². The molecule has 0 aliphatic carbocycles. The van der Waals surface area contributed by atoms with Crippen LogP contribution in [0.2, 0.25) is 0 Å². The van der Waals surface area contributed by atoms with Gasteiger partial charge in [0.15, 0.2) is 0 Å². The zero-order chi connectivity index (χ0) is 51.0. The zero-order valence-electron chi connectivity index (χ0n) is 39.5. The van der Waals surface area contributed by atoms with Crippen LogP contribution < -0.4 is 21.3 Å². The summed E-state index contributed by atoms with van der Waals surface area (Å²) in [6.45, 7) is 0.956. The molecule has 0 aromatic heterocycles. The molecule has 4 atom stereocenters. The third kappa shape index (κ3) is 13.1. The summed E-state index contributed by atoms with van der Waals surface area (Å²) >= 11 is 0. The fourth-order valence-corrected chi connectivity index (χ4v) is 8.95. The van der Waals surface area contributed by atoms with Gasteiger partial charge in [-0.2, -0.15) is 21.0 Å². The van der Waals surface area contributed by atoms with Crippen LogP contribution in [0.1, 0.15) is 65.2 Å². The number of rotatable bonds is 18. The van der Waals surface area contributed by atoms with Gasteiger partial charge in [0.2, 0.25) is 23.6 Å². The maximum absolute atomic E-state index is 14.1. The Labute approximate surface area is 417 Å². The molecule has 6 amide bonds. The van der Waals surface area contributed by atoms with Crippen molar-refractivity contribution in [3.63, 3.8) is 0 Å². The summed E-state index contributed by atoms with van der Waals surface area (Å²) < 4.78 is 0. The van der Waals surface area contributed by atoms with Crippen molar-refractivity contribution in [2.45, 2.75) is 25.7 Å². The van der Waals surface area contributed by atoms with Crippen LogP contribution in [0.5, 0.6) is 0 Å². The Hall–Kier alpha value is -9.12. The summed E-state index contributed by atoms with van der Waals surface area (Å²) in [5.41, 5.74) is 6.20. The Kier molecular flexibility index (Phi) is 17.2. The highest BCUT2D eigenvalue weighted by atomic mass is 16.2. The van der Waals surface area contributed by atoms with Crippen molar-refractivity contribution >= 4 is 35.4 Å². The fourth-order valence-electron chi connectivity index (χ4n) is 8.95. The number of likely N-dealkylation sites (tertiary alicyclic amines) is 2. The van der Waals surface area contributed by atoms with E-state index in [1.807, 2.05) is 48.5 Å². The lowest BCUT2D eigenvalue weighted by atomic mass is 9.94. The standard InChI is InChI=1S/C56H52N10O6/c57-29-41-9-1-37(2-10-41)21-25-61-51(67)47-33-65(34-48(47)52(68)62-26-22-38-3-11-42(30-58)12-4-38)55(71)45-17-19-46(20-18-45)56(72)66-35-49(53(69)63-27-23-39-5-13-43(31-59)14-6-39)50(36-66)54(70)64-28-24-40-7-15-44(32-60)16-8-40/h1-20,47-50H,21-28,33-36H2,(H,61,67)(H,62,68)(H,63,69)(H,64,70)/t47-,48-,49-,50-/m0/s1. The SMILES string of the molecule is N#Cc1ccc(CCNC(=O)[C@H]2CN(C(=O)c3ccc(C(=O)N4C[C@H](C(=O)NCCc5ccc(C#N)cc5)[C@@H](C(=O)NCCc5ccc(C#N)cc5)C4)cc3)C[C@@H]2C(=O)NCCc2ccc(C#N)cc2)cc1. The van der Waals surface area contributed by atoms with E-state index in [0.717, 1.165) is 22.3 Å². The van der Waals surface area contributed by atoms with E-state index < -0.39 is 35.5 Å². The first-order valence-corrected chi connectivity index (χ1v) is 23.7. The van der Waals surface area contributed by atoms with Gasteiger partial charge >= 0.3 is 0 Å². The summed E-state index contributed by atoms with van der Waals surface area (Å²) in [6.07, 6.45) is 1.95. The Bertz CT molecular complexity index is 2580. The number of hydrogen-bond donors (Lipinski definition) is 4. The van der Waals surface area contributed by atoms with Crippen LogP contribution in [0.3, 0.4) is 0 Å². The maximum atomic E-state index is 14.1. The first kappa shape index (κ1) is 50.7. The minimum Gasteiger partial charge on any atom is -0.355 e. The number of hydrogen-bond acceptors (Lipinski definition) is 10. The van der Waals surface area contributed by atoms with Crippen LogP contribution in [0.4, 0.5) is 0 Å². The van der Waals surface area contributed by atoms with Gasteiger partial charge in [-0.05, 0) is 121 Å². The van der Waals surface area contributed by atoms with E-state index in [-0.39, 0.29) is 87.1 Å². The molecular weight excluding hydrogens is 909 g/mol. The summed E-state index contributed by atoms with van der Waals surface area (Å²) in [5, 5.41) is 48.3. The molecule has 2 fully saturated rings. The Morgan fingerprint density at radius 2 is 0.569 bits per heavy atom. The zero-order valence-corrected chi connectivity index (χ0v) is 39.5. The summed E-state index contributed by atoms with van der Waals surface area (Å²) in [5.74, 6) is -5.83.